The molecule has 0 bridgehead atoms. The first-order valence-electron chi connectivity index (χ1n) is 8.86. The Hall–Kier alpha value is -2.31. The number of pyridine rings is 1. The van der Waals surface area contributed by atoms with Gasteiger partial charge in [-0.15, -0.1) is 11.3 Å². The summed E-state index contributed by atoms with van der Waals surface area (Å²) < 4.78 is 6.53. The van der Waals surface area contributed by atoms with Crippen LogP contribution in [0.1, 0.15) is 39.8 Å². The average molecular weight is 367 g/mol. The monoisotopic (exact) mass is 367 g/mol. The topological polar surface area (TPSA) is 64.1 Å². The second-order valence-electron chi connectivity index (χ2n) is 6.60. The van der Waals surface area contributed by atoms with Gasteiger partial charge in [0.15, 0.2) is 0 Å². The number of ether oxygens (including phenoxy) is 1. The third-order valence-corrected chi connectivity index (χ3v) is 5.76. The van der Waals surface area contributed by atoms with Crippen molar-refractivity contribution in [2.24, 2.45) is 5.92 Å². The van der Waals surface area contributed by atoms with E-state index in [9.17, 15) is 4.79 Å². The lowest BCUT2D eigenvalue weighted by atomic mass is 9.87. The molecular formula is C20H21N3O2S. The lowest BCUT2D eigenvalue weighted by Crippen LogP contribution is -2.36. The zero-order valence-electron chi connectivity index (χ0n) is 14.6. The first kappa shape index (κ1) is 17.1. The number of rotatable bonds is 4. The Morgan fingerprint density at radius 1 is 1.31 bits per heavy atom. The summed E-state index contributed by atoms with van der Waals surface area (Å²) in [6.07, 6.45) is 5.47. The van der Waals surface area contributed by atoms with Gasteiger partial charge in [-0.25, -0.2) is 4.98 Å². The largest absolute Gasteiger partial charge is 0.381 e. The normalized spacial score (nSPS) is 16.5. The number of hydrogen-bond donors (Lipinski definition) is 1. The number of amides is 1. The molecule has 1 unspecified atom stereocenters. The number of carbonyl (C=O) groups excluding carboxylic acids is 1. The number of aromatic nitrogens is 2. The van der Waals surface area contributed by atoms with Crippen molar-refractivity contribution >= 4 is 27.5 Å². The maximum absolute atomic E-state index is 12.9. The van der Waals surface area contributed by atoms with E-state index in [1.165, 1.54) is 0 Å². The molecule has 3 heterocycles. The van der Waals surface area contributed by atoms with Crippen LogP contribution in [0.3, 0.4) is 0 Å². The van der Waals surface area contributed by atoms with Gasteiger partial charge in [0.2, 0.25) is 0 Å². The van der Waals surface area contributed by atoms with Gasteiger partial charge in [-0.1, -0.05) is 6.07 Å². The summed E-state index contributed by atoms with van der Waals surface area (Å²) in [5.41, 5.74) is 2.65. The molecule has 2 aromatic heterocycles. The minimum Gasteiger partial charge on any atom is -0.381 e. The minimum absolute atomic E-state index is 0.0565. The zero-order chi connectivity index (χ0) is 17.9. The molecular weight excluding hydrogens is 346 g/mol. The van der Waals surface area contributed by atoms with E-state index in [4.69, 9.17) is 4.74 Å². The second kappa shape index (κ2) is 7.51. The Bertz CT molecular complexity index is 904. The predicted octanol–water partition coefficient (Wildman–Crippen LogP) is 3.90. The lowest BCUT2D eigenvalue weighted by Gasteiger charge is -2.31. The second-order valence-corrected chi connectivity index (χ2v) is 7.84. The Morgan fingerprint density at radius 3 is 2.92 bits per heavy atom. The molecule has 6 heteroatoms. The van der Waals surface area contributed by atoms with E-state index in [-0.39, 0.29) is 11.9 Å². The maximum atomic E-state index is 12.9. The number of aryl methyl sites for hydroxylation is 1. The van der Waals surface area contributed by atoms with Crippen molar-refractivity contribution in [2.45, 2.75) is 25.8 Å². The van der Waals surface area contributed by atoms with E-state index in [0.717, 1.165) is 46.8 Å². The fourth-order valence-corrected chi connectivity index (χ4v) is 4.35. The minimum atomic E-state index is -0.0571. The van der Waals surface area contributed by atoms with Gasteiger partial charge < -0.3 is 10.1 Å². The van der Waals surface area contributed by atoms with Crippen LogP contribution >= 0.6 is 11.3 Å². The lowest BCUT2D eigenvalue weighted by molar-refractivity contribution is 0.0513. The van der Waals surface area contributed by atoms with Gasteiger partial charge >= 0.3 is 0 Å². The zero-order valence-corrected chi connectivity index (χ0v) is 15.5. The highest BCUT2D eigenvalue weighted by Gasteiger charge is 2.27. The summed E-state index contributed by atoms with van der Waals surface area (Å²) in [5, 5.41) is 4.25. The van der Waals surface area contributed by atoms with E-state index in [1.54, 1.807) is 17.5 Å². The van der Waals surface area contributed by atoms with Crippen LogP contribution < -0.4 is 5.32 Å². The van der Waals surface area contributed by atoms with Gasteiger partial charge in [0, 0.05) is 31.2 Å². The van der Waals surface area contributed by atoms with Crippen LogP contribution in [-0.4, -0.2) is 29.1 Å². The molecule has 134 valence electrons. The molecule has 1 saturated heterocycles. The van der Waals surface area contributed by atoms with Crippen molar-refractivity contribution in [2.75, 3.05) is 13.2 Å². The highest BCUT2D eigenvalue weighted by Crippen LogP contribution is 2.30. The number of thiazole rings is 1. The van der Waals surface area contributed by atoms with Gasteiger partial charge in [0.1, 0.15) is 0 Å². The summed E-state index contributed by atoms with van der Waals surface area (Å²) in [5.74, 6) is 0.296. The van der Waals surface area contributed by atoms with Crippen LogP contribution in [0.4, 0.5) is 0 Å². The maximum Gasteiger partial charge on any atom is 0.251 e. The number of hydrogen-bond acceptors (Lipinski definition) is 5. The number of fused-ring (bicyclic) bond motifs is 1. The highest BCUT2D eigenvalue weighted by molar-refractivity contribution is 7.18. The molecule has 1 amide bonds. The van der Waals surface area contributed by atoms with Crippen molar-refractivity contribution in [3.8, 4) is 0 Å². The summed E-state index contributed by atoms with van der Waals surface area (Å²) >= 11 is 1.61. The van der Waals surface area contributed by atoms with E-state index < -0.39 is 0 Å². The molecule has 3 aromatic rings. The predicted molar refractivity (Wildman–Crippen MR) is 102 cm³/mol. The van der Waals surface area contributed by atoms with Crippen LogP contribution in [0.2, 0.25) is 0 Å². The molecule has 0 radical (unpaired) electrons. The van der Waals surface area contributed by atoms with Crippen molar-refractivity contribution in [1.29, 1.82) is 0 Å². The number of nitrogens with one attached hydrogen (secondary N) is 1. The van der Waals surface area contributed by atoms with Crippen LogP contribution in [0.25, 0.3) is 10.2 Å². The van der Waals surface area contributed by atoms with E-state index in [2.05, 4.69) is 15.3 Å². The molecule has 5 nitrogen and oxygen atoms in total. The molecule has 1 aromatic carbocycles. The first-order chi connectivity index (χ1) is 12.7. The van der Waals surface area contributed by atoms with Gasteiger partial charge in [-0.05, 0) is 55.5 Å². The van der Waals surface area contributed by atoms with E-state index in [1.807, 2.05) is 43.5 Å². The fourth-order valence-electron chi connectivity index (χ4n) is 3.49. The molecule has 0 saturated carbocycles. The Labute approximate surface area is 156 Å². The van der Waals surface area contributed by atoms with E-state index in [0.29, 0.717) is 11.5 Å². The van der Waals surface area contributed by atoms with Crippen LogP contribution in [0, 0.1) is 12.8 Å². The third-order valence-electron chi connectivity index (χ3n) is 4.83. The number of nitrogens with zero attached hydrogens (tertiary/aromatic N) is 2. The molecule has 26 heavy (non-hydrogen) atoms. The Balaban J connectivity index is 1.60. The molecule has 1 N–H and O–H groups in total. The average Bonchev–Trinajstić information content (AvgIpc) is 3.06. The standard InChI is InChI=1S/C20H21N3O2S/c1-13-22-17-5-4-15(11-18(17)26-13)20(24)23-19(14-6-9-25-10-7-14)16-3-2-8-21-12-16/h2-5,8,11-12,14,19H,6-7,9-10H2,1H3,(H,23,24). The van der Waals surface area contributed by atoms with E-state index >= 15 is 0 Å². The molecule has 0 aliphatic carbocycles. The molecule has 1 aliphatic rings. The number of benzene rings is 1. The Morgan fingerprint density at radius 2 is 2.15 bits per heavy atom. The van der Waals surface area contributed by atoms with Crippen molar-refractivity contribution in [3.05, 3.63) is 58.9 Å². The third kappa shape index (κ3) is 3.61. The van der Waals surface area contributed by atoms with Crippen LogP contribution in [-0.2, 0) is 4.74 Å². The Kier molecular flexibility index (Phi) is 4.95. The van der Waals surface area contributed by atoms with Crippen molar-refractivity contribution in [1.82, 2.24) is 15.3 Å². The molecule has 4 rings (SSSR count). The summed E-state index contributed by atoms with van der Waals surface area (Å²) in [4.78, 5) is 21.6. The van der Waals surface area contributed by atoms with Gasteiger partial charge in [0.25, 0.3) is 5.91 Å². The summed E-state index contributed by atoms with van der Waals surface area (Å²) in [6.45, 7) is 3.46. The molecule has 1 atom stereocenters. The number of carbonyl (C=O) groups is 1. The van der Waals surface area contributed by atoms with Crippen molar-refractivity contribution in [3.63, 3.8) is 0 Å². The molecule has 1 aliphatic heterocycles. The van der Waals surface area contributed by atoms with Crippen molar-refractivity contribution < 1.29 is 9.53 Å². The quantitative estimate of drug-likeness (QED) is 0.760. The molecule has 1 fully saturated rings. The highest BCUT2D eigenvalue weighted by atomic mass is 32.1. The van der Waals surface area contributed by atoms with Gasteiger partial charge in [-0.3, -0.25) is 9.78 Å². The van der Waals surface area contributed by atoms with Gasteiger partial charge in [-0.2, -0.15) is 0 Å². The van der Waals surface area contributed by atoms with Gasteiger partial charge in [0.05, 0.1) is 21.3 Å². The van der Waals surface area contributed by atoms with Crippen LogP contribution in [0.5, 0.6) is 0 Å². The molecule has 0 spiro atoms. The summed E-state index contributed by atoms with van der Waals surface area (Å²) in [6, 6.07) is 9.59. The van der Waals surface area contributed by atoms with Crippen LogP contribution in [0.15, 0.2) is 42.7 Å². The fraction of sp³-hybridized carbons (Fsp3) is 0.350. The summed E-state index contributed by atoms with van der Waals surface area (Å²) in [7, 11) is 0. The smallest absolute Gasteiger partial charge is 0.251 e. The first-order valence-corrected chi connectivity index (χ1v) is 9.68. The SMILES string of the molecule is Cc1nc2ccc(C(=O)NC(c3cccnc3)C3CCOCC3)cc2s1.